The lowest BCUT2D eigenvalue weighted by molar-refractivity contribution is 0.815. The molecule has 0 aliphatic carbocycles. The third-order valence-electron chi connectivity index (χ3n) is 4.47. The number of rotatable bonds is 5. The van der Waals surface area contributed by atoms with Gasteiger partial charge >= 0.3 is 0 Å². The van der Waals surface area contributed by atoms with Crippen molar-refractivity contribution in [1.82, 2.24) is 9.55 Å². The van der Waals surface area contributed by atoms with E-state index in [4.69, 9.17) is 4.98 Å². The largest absolute Gasteiger partial charge is 0.268 e. The van der Waals surface area contributed by atoms with E-state index in [1.54, 1.807) is 16.3 Å². The lowest BCUT2D eigenvalue weighted by atomic mass is 10.1. The van der Waals surface area contributed by atoms with Crippen LogP contribution in [0.5, 0.6) is 0 Å². The predicted octanol–water partition coefficient (Wildman–Crippen LogP) is 5.43. The Bertz CT molecular complexity index is 1130. The Hall–Kier alpha value is -2.59. The van der Waals surface area contributed by atoms with Crippen molar-refractivity contribution in [2.45, 2.75) is 24.9 Å². The monoisotopic (exact) mass is 360 g/mol. The molecule has 1 aromatic heterocycles. The summed E-state index contributed by atoms with van der Waals surface area (Å²) in [5.41, 5.74) is 1.62. The van der Waals surface area contributed by atoms with E-state index in [9.17, 15) is 4.79 Å². The summed E-state index contributed by atoms with van der Waals surface area (Å²) in [6.07, 6.45) is 2.23. The summed E-state index contributed by atoms with van der Waals surface area (Å²) >= 11 is 1.65. The maximum Gasteiger partial charge on any atom is 0.266 e. The quantitative estimate of drug-likeness (QED) is 0.270. The number of aromatic nitrogens is 2. The van der Waals surface area contributed by atoms with E-state index in [2.05, 4.69) is 31.2 Å². The zero-order chi connectivity index (χ0) is 17.9. The predicted molar refractivity (Wildman–Crippen MR) is 110 cm³/mol. The fraction of sp³-hybridized carbons (Fsp3) is 0.182. The average molecular weight is 360 g/mol. The molecule has 0 fully saturated rings. The van der Waals surface area contributed by atoms with E-state index in [1.165, 1.54) is 5.39 Å². The Kier molecular flexibility index (Phi) is 4.76. The zero-order valence-electron chi connectivity index (χ0n) is 14.7. The summed E-state index contributed by atoms with van der Waals surface area (Å²) in [5, 5.41) is 3.70. The fourth-order valence-corrected chi connectivity index (χ4v) is 4.16. The highest BCUT2D eigenvalue weighted by atomic mass is 32.2. The van der Waals surface area contributed by atoms with Gasteiger partial charge in [-0.1, -0.05) is 67.6 Å². The highest BCUT2D eigenvalue weighted by Crippen LogP contribution is 2.24. The average Bonchev–Trinajstić information content (AvgIpc) is 2.68. The van der Waals surface area contributed by atoms with Crippen LogP contribution in [0.25, 0.3) is 27.4 Å². The van der Waals surface area contributed by atoms with Crippen molar-refractivity contribution in [3.8, 4) is 5.69 Å². The highest BCUT2D eigenvalue weighted by Gasteiger charge is 2.13. The first-order valence-electron chi connectivity index (χ1n) is 8.91. The molecule has 3 aromatic carbocycles. The van der Waals surface area contributed by atoms with E-state index >= 15 is 0 Å². The number of fused-ring (bicyclic) bond motifs is 2. The van der Waals surface area contributed by atoms with Crippen molar-refractivity contribution < 1.29 is 0 Å². The van der Waals surface area contributed by atoms with Crippen LogP contribution in [-0.2, 0) is 0 Å². The molecule has 130 valence electrons. The standard InChI is InChI=1S/C22H20N2OS/c1-2-3-14-26-22-23-20-11-7-6-10-19(20)21(25)24(22)18-13-12-16-8-4-5-9-17(16)15-18/h4-13,15H,2-3,14H2,1H3. The van der Waals surface area contributed by atoms with Gasteiger partial charge in [0.1, 0.15) is 0 Å². The van der Waals surface area contributed by atoms with Gasteiger partial charge in [0.15, 0.2) is 5.16 Å². The van der Waals surface area contributed by atoms with Crippen molar-refractivity contribution in [3.63, 3.8) is 0 Å². The molecule has 26 heavy (non-hydrogen) atoms. The van der Waals surface area contributed by atoms with Crippen LogP contribution in [-0.4, -0.2) is 15.3 Å². The molecule has 3 nitrogen and oxygen atoms in total. The van der Waals surface area contributed by atoms with E-state index in [-0.39, 0.29) is 5.56 Å². The summed E-state index contributed by atoms with van der Waals surface area (Å²) in [6, 6.07) is 21.9. The first-order valence-corrected chi connectivity index (χ1v) is 9.90. The molecule has 0 radical (unpaired) electrons. The van der Waals surface area contributed by atoms with Gasteiger partial charge in [0, 0.05) is 5.75 Å². The van der Waals surface area contributed by atoms with Crippen molar-refractivity contribution in [2.75, 3.05) is 5.75 Å². The van der Waals surface area contributed by atoms with Gasteiger partial charge in [-0.15, -0.1) is 0 Å². The summed E-state index contributed by atoms with van der Waals surface area (Å²) in [5.74, 6) is 0.953. The molecule has 1 heterocycles. The normalized spacial score (nSPS) is 11.3. The molecular formula is C22H20N2OS. The molecule has 0 saturated heterocycles. The number of hydrogen-bond acceptors (Lipinski definition) is 3. The number of benzene rings is 3. The summed E-state index contributed by atoms with van der Waals surface area (Å²) < 4.78 is 1.76. The maximum atomic E-state index is 13.2. The Morgan fingerprint density at radius 2 is 1.73 bits per heavy atom. The van der Waals surface area contributed by atoms with Crippen molar-refractivity contribution >= 4 is 33.4 Å². The van der Waals surface area contributed by atoms with Crippen LogP contribution in [0.1, 0.15) is 19.8 Å². The van der Waals surface area contributed by atoms with Gasteiger partial charge in [-0.25, -0.2) is 4.98 Å². The molecule has 0 spiro atoms. The molecular weight excluding hydrogens is 340 g/mol. The van der Waals surface area contributed by atoms with E-state index in [1.807, 2.05) is 42.5 Å². The van der Waals surface area contributed by atoms with E-state index in [0.29, 0.717) is 5.39 Å². The van der Waals surface area contributed by atoms with Crippen LogP contribution in [0.2, 0.25) is 0 Å². The van der Waals surface area contributed by atoms with Crippen LogP contribution in [0.3, 0.4) is 0 Å². The second-order valence-corrected chi connectivity index (χ2v) is 7.35. The molecule has 0 bridgehead atoms. The first-order chi connectivity index (χ1) is 12.8. The molecule has 0 amide bonds. The first kappa shape index (κ1) is 16.9. The number of hydrogen-bond donors (Lipinski definition) is 0. The molecule has 4 aromatic rings. The second-order valence-electron chi connectivity index (χ2n) is 6.29. The van der Waals surface area contributed by atoms with Crippen LogP contribution < -0.4 is 5.56 Å². The maximum absolute atomic E-state index is 13.2. The molecule has 0 unspecified atom stereocenters. The number of para-hydroxylation sites is 1. The molecule has 0 saturated carbocycles. The smallest absolute Gasteiger partial charge is 0.266 e. The number of unbranched alkanes of at least 4 members (excludes halogenated alkanes) is 1. The lowest BCUT2D eigenvalue weighted by Crippen LogP contribution is -2.21. The number of nitrogens with zero attached hydrogens (tertiary/aromatic N) is 2. The van der Waals surface area contributed by atoms with Gasteiger partial charge in [-0.2, -0.15) is 0 Å². The van der Waals surface area contributed by atoms with Crippen LogP contribution in [0.4, 0.5) is 0 Å². The summed E-state index contributed by atoms with van der Waals surface area (Å²) in [4.78, 5) is 18.0. The Morgan fingerprint density at radius 3 is 2.58 bits per heavy atom. The van der Waals surface area contributed by atoms with Gasteiger partial charge < -0.3 is 0 Å². The molecule has 0 aliphatic rings. The zero-order valence-corrected chi connectivity index (χ0v) is 15.5. The van der Waals surface area contributed by atoms with E-state index in [0.717, 1.165) is 40.3 Å². The third kappa shape index (κ3) is 3.13. The minimum atomic E-state index is -0.00937. The van der Waals surface area contributed by atoms with Crippen LogP contribution in [0.15, 0.2) is 76.7 Å². The highest BCUT2D eigenvalue weighted by molar-refractivity contribution is 7.99. The Balaban J connectivity index is 1.94. The van der Waals surface area contributed by atoms with Crippen LogP contribution >= 0.6 is 11.8 Å². The van der Waals surface area contributed by atoms with Gasteiger partial charge in [0.25, 0.3) is 5.56 Å². The second kappa shape index (κ2) is 7.34. The van der Waals surface area contributed by atoms with Crippen molar-refractivity contribution in [3.05, 3.63) is 77.1 Å². The third-order valence-corrected chi connectivity index (χ3v) is 5.49. The Morgan fingerprint density at radius 1 is 0.962 bits per heavy atom. The van der Waals surface area contributed by atoms with Crippen molar-refractivity contribution in [2.24, 2.45) is 0 Å². The molecule has 0 atom stereocenters. The molecule has 4 heteroatoms. The van der Waals surface area contributed by atoms with Crippen LogP contribution in [0, 0.1) is 0 Å². The van der Waals surface area contributed by atoms with Gasteiger partial charge in [0.2, 0.25) is 0 Å². The van der Waals surface area contributed by atoms with Gasteiger partial charge in [-0.3, -0.25) is 9.36 Å². The van der Waals surface area contributed by atoms with Gasteiger partial charge in [-0.05, 0) is 41.5 Å². The minimum absolute atomic E-state index is 0.00937. The molecule has 0 aliphatic heterocycles. The number of thioether (sulfide) groups is 1. The molecule has 4 rings (SSSR count). The lowest BCUT2D eigenvalue weighted by Gasteiger charge is -2.14. The summed E-state index contributed by atoms with van der Waals surface area (Å²) in [7, 11) is 0. The Labute approximate surface area is 156 Å². The van der Waals surface area contributed by atoms with E-state index < -0.39 is 0 Å². The van der Waals surface area contributed by atoms with Crippen molar-refractivity contribution in [1.29, 1.82) is 0 Å². The topological polar surface area (TPSA) is 34.9 Å². The minimum Gasteiger partial charge on any atom is -0.268 e. The fourth-order valence-electron chi connectivity index (χ4n) is 3.06. The SMILES string of the molecule is CCCCSc1nc2ccccc2c(=O)n1-c1ccc2ccccc2c1. The van der Waals surface area contributed by atoms with Gasteiger partial charge in [0.05, 0.1) is 16.6 Å². The molecule has 0 N–H and O–H groups in total. The summed E-state index contributed by atoms with van der Waals surface area (Å²) in [6.45, 7) is 2.17.